The molecule has 0 bridgehead atoms. The van der Waals surface area contributed by atoms with E-state index in [1.165, 1.54) is 0 Å². The topological polar surface area (TPSA) is 17.1 Å². The second kappa shape index (κ2) is 4.62. The van der Waals surface area contributed by atoms with Crippen molar-refractivity contribution in [1.82, 2.24) is 0 Å². The van der Waals surface area contributed by atoms with Crippen LogP contribution in [0.5, 0.6) is 0 Å². The molecular weight excluding hydrogens is 132 g/mol. The van der Waals surface area contributed by atoms with Gasteiger partial charge in [0.2, 0.25) is 0 Å². The number of hydrogen-bond acceptors (Lipinski definition) is 2. The summed E-state index contributed by atoms with van der Waals surface area (Å²) >= 11 is 4.91. The normalized spacial score (nSPS) is 9.11. The van der Waals surface area contributed by atoms with E-state index in [1.54, 1.807) is 6.92 Å². The number of hydrogen-bond donors (Lipinski definition) is 0. The second-order valence-electron chi connectivity index (χ2n) is 2.17. The van der Waals surface area contributed by atoms with Gasteiger partial charge in [0, 0.05) is 11.3 Å². The van der Waals surface area contributed by atoms with Gasteiger partial charge in [-0.05, 0) is 13.3 Å². The number of rotatable bonds is 4. The van der Waals surface area contributed by atoms with Gasteiger partial charge < -0.3 is 0 Å². The lowest BCUT2D eigenvalue weighted by atomic mass is 10.1. The van der Waals surface area contributed by atoms with Gasteiger partial charge >= 0.3 is 0 Å². The van der Waals surface area contributed by atoms with E-state index >= 15 is 0 Å². The van der Waals surface area contributed by atoms with Crippen molar-refractivity contribution in [2.45, 2.75) is 33.1 Å². The second-order valence-corrected chi connectivity index (χ2v) is 2.74. The van der Waals surface area contributed by atoms with Crippen molar-refractivity contribution in [3.05, 3.63) is 0 Å². The zero-order chi connectivity index (χ0) is 7.28. The third kappa shape index (κ3) is 5.63. The average molecular weight is 144 g/mol. The van der Waals surface area contributed by atoms with Gasteiger partial charge in [-0.1, -0.05) is 25.6 Å². The standard InChI is InChI=1S/C7H12OS/c1-3-4-7(9)5-6(2)8/h3-5H2,1-2H3. The lowest BCUT2D eigenvalue weighted by Crippen LogP contribution is -2.00. The number of carbonyl (C=O) groups excluding carboxylic acids is 1. The Morgan fingerprint density at radius 2 is 2.11 bits per heavy atom. The van der Waals surface area contributed by atoms with Gasteiger partial charge in [0.05, 0.1) is 0 Å². The van der Waals surface area contributed by atoms with Crippen molar-refractivity contribution in [3.63, 3.8) is 0 Å². The highest BCUT2D eigenvalue weighted by Crippen LogP contribution is 1.97. The van der Waals surface area contributed by atoms with E-state index in [0.29, 0.717) is 6.42 Å². The SMILES string of the molecule is CCCC(=S)CC(C)=O. The number of carbonyl (C=O) groups is 1. The van der Waals surface area contributed by atoms with Crippen molar-refractivity contribution in [1.29, 1.82) is 0 Å². The summed E-state index contributed by atoms with van der Waals surface area (Å²) in [6.45, 7) is 3.63. The van der Waals surface area contributed by atoms with Gasteiger partial charge in [-0.25, -0.2) is 0 Å². The predicted molar refractivity (Wildman–Crippen MR) is 42.8 cm³/mol. The van der Waals surface area contributed by atoms with Crippen LogP contribution in [0.2, 0.25) is 0 Å². The molecule has 0 fully saturated rings. The van der Waals surface area contributed by atoms with Gasteiger partial charge in [0.1, 0.15) is 5.78 Å². The molecule has 52 valence electrons. The first-order chi connectivity index (χ1) is 4.16. The lowest BCUT2D eigenvalue weighted by Gasteiger charge is -1.95. The Bertz CT molecular complexity index is 118. The van der Waals surface area contributed by atoms with Crippen LogP contribution in [0.4, 0.5) is 0 Å². The van der Waals surface area contributed by atoms with E-state index in [0.717, 1.165) is 17.7 Å². The third-order valence-electron chi connectivity index (χ3n) is 0.975. The summed E-state index contributed by atoms with van der Waals surface area (Å²) in [7, 11) is 0. The van der Waals surface area contributed by atoms with E-state index in [1.807, 2.05) is 0 Å². The van der Waals surface area contributed by atoms with E-state index in [-0.39, 0.29) is 5.78 Å². The molecule has 0 heterocycles. The first-order valence-electron chi connectivity index (χ1n) is 3.18. The minimum absolute atomic E-state index is 0.174. The lowest BCUT2D eigenvalue weighted by molar-refractivity contribution is -0.115. The molecule has 0 aliphatic heterocycles. The Morgan fingerprint density at radius 1 is 1.56 bits per heavy atom. The Kier molecular flexibility index (Phi) is 4.50. The van der Waals surface area contributed by atoms with Gasteiger partial charge in [-0.15, -0.1) is 0 Å². The van der Waals surface area contributed by atoms with Crippen LogP contribution in [0.3, 0.4) is 0 Å². The maximum atomic E-state index is 10.4. The molecule has 0 N–H and O–H groups in total. The summed E-state index contributed by atoms with van der Waals surface area (Å²) < 4.78 is 0. The maximum absolute atomic E-state index is 10.4. The van der Waals surface area contributed by atoms with Crippen LogP contribution < -0.4 is 0 Å². The van der Waals surface area contributed by atoms with Gasteiger partial charge in [-0.2, -0.15) is 0 Å². The molecule has 0 amide bonds. The fourth-order valence-electron chi connectivity index (χ4n) is 0.645. The number of Topliss-reactive ketones (excluding diaryl/α,β-unsaturated/α-hetero) is 1. The molecule has 0 aliphatic carbocycles. The van der Waals surface area contributed by atoms with E-state index in [2.05, 4.69) is 6.92 Å². The Hall–Kier alpha value is -0.240. The van der Waals surface area contributed by atoms with Crippen LogP contribution in [-0.4, -0.2) is 10.6 Å². The molecule has 0 aromatic heterocycles. The Balaban J connectivity index is 3.39. The molecule has 0 spiro atoms. The average Bonchev–Trinajstić information content (AvgIpc) is 1.63. The molecule has 0 rings (SSSR count). The van der Waals surface area contributed by atoms with Crippen molar-refractivity contribution >= 4 is 22.9 Å². The summed E-state index contributed by atoms with van der Waals surface area (Å²) in [5, 5.41) is 0. The fourth-order valence-corrected chi connectivity index (χ4v) is 1.05. The van der Waals surface area contributed by atoms with Crippen LogP contribution in [0.25, 0.3) is 0 Å². The minimum atomic E-state index is 0.174. The molecule has 0 aromatic rings. The van der Waals surface area contributed by atoms with Gasteiger partial charge in [0.15, 0.2) is 0 Å². The molecule has 0 aromatic carbocycles. The fraction of sp³-hybridized carbons (Fsp3) is 0.714. The molecule has 1 nitrogen and oxygen atoms in total. The highest BCUT2D eigenvalue weighted by molar-refractivity contribution is 7.80. The monoisotopic (exact) mass is 144 g/mol. The van der Waals surface area contributed by atoms with Crippen molar-refractivity contribution in [2.75, 3.05) is 0 Å². The molecule has 9 heavy (non-hydrogen) atoms. The van der Waals surface area contributed by atoms with Crippen LogP contribution >= 0.6 is 12.2 Å². The molecule has 0 atom stereocenters. The Morgan fingerprint density at radius 3 is 2.44 bits per heavy atom. The molecular formula is C7H12OS. The summed E-state index contributed by atoms with van der Waals surface area (Å²) in [6, 6.07) is 0. The summed E-state index contributed by atoms with van der Waals surface area (Å²) in [5.41, 5.74) is 0. The van der Waals surface area contributed by atoms with E-state index in [9.17, 15) is 4.79 Å². The smallest absolute Gasteiger partial charge is 0.134 e. The van der Waals surface area contributed by atoms with Crippen LogP contribution in [0, 0.1) is 0 Å². The van der Waals surface area contributed by atoms with Crippen molar-refractivity contribution in [2.24, 2.45) is 0 Å². The van der Waals surface area contributed by atoms with Crippen LogP contribution in [0.15, 0.2) is 0 Å². The number of ketones is 1. The Labute approximate surface area is 61.4 Å². The maximum Gasteiger partial charge on any atom is 0.134 e. The first kappa shape index (κ1) is 8.76. The highest BCUT2D eigenvalue weighted by atomic mass is 32.1. The first-order valence-corrected chi connectivity index (χ1v) is 3.58. The molecule has 0 unspecified atom stereocenters. The molecule has 0 saturated carbocycles. The quantitative estimate of drug-likeness (QED) is 0.562. The summed E-state index contributed by atoms with van der Waals surface area (Å²) in [4.78, 5) is 11.3. The van der Waals surface area contributed by atoms with Crippen molar-refractivity contribution < 1.29 is 4.79 Å². The van der Waals surface area contributed by atoms with Gasteiger partial charge in [-0.3, -0.25) is 4.79 Å². The zero-order valence-electron chi connectivity index (χ0n) is 5.94. The summed E-state index contributed by atoms with van der Waals surface area (Å²) in [6.07, 6.45) is 2.45. The van der Waals surface area contributed by atoms with Crippen molar-refractivity contribution in [3.8, 4) is 0 Å². The van der Waals surface area contributed by atoms with Crippen LogP contribution in [-0.2, 0) is 4.79 Å². The molecule has 0 saturated heterocycles. The van der Waals surface area contributed by atoms with E-state index in [4.69, 9.17) is 12.2 Å². The minimum Gasteiger partial charge on any atom is -0.300 e. The van der Waals surface area contributed by atoms with Gasteiger partial charge in [0.25, 0.3) is 0 Å². The predicted octanol–water partition coefficient (Wildman–Crippen LogP) is 2.14. The van der Waals surface area contributed by atoms with E-state index < -0.39 is 0 Å². The summed E-state index contributed by atoms with van der Waals surface area (Å²) in [5.74, 6) is 0.174. The molecule has 0 aliphatic rings. The zero-order valence-corrected chi connectivity index (χ0v) is 6.75. The number of thiocarbonyl (C=S) groups is 1. The molecule has 2 heteroatoms. The van der Waals surface area contributed by atoms with Crippen LogP contribution in [0.1, 0.15) is 33.1 Å². The molecule has 0 radical (unpaired) electrons. The largest absolute Gasteiger partial charge is 0.300 e. The third-order valence-corrected chi connectivity index (χ3v) is 1.32. The highest BCUT2D eigenvalue weighted by Gasteiger charge is 1.97.